The first kappa shape index (κ1) is 20.3. The Morgan fingerprint density at radius 2 is 2.07 bits per heavy atom. The first-order valence-electron chi connectivity index (χ1n) is 7.69. The summed E-state index contributed by atoms with van der Waals surface area (Å²) in [7, 11) is 1.23. The van der Waals surface area contributed by atoms with Crippen molar-refractivity contribution < 1.29 is 32.2 Å². The van der Waals surface area contributed by atoms with Gasteiger partial charge in [0.25, 0.3) is 5.91 Å². The molecular weight excluding hydrogens is 407 g/mol. The Hall–Kier alpha value is -1.47. The summed E-state index contributed by atoms with van der Waals surface area (Å²) in [4.78, 5) is 25.9. The highest BCUT2D eigenvalue weighted by molar-refractivity contribution is 8.02. The van der Waals surface area contributed by atoms with Crippen LogP contribution in [0.15, 0.2) is 30.3 Å². The third-order valence-corrected chi connectivity index (χ3v) is 6.33. The van der Waals surface area contributed by atoms with E-state index in [1.807, 2.05) is 0 Å². The molecule has 2 aliphatic rings. The van der Waals surface area contributed by atoms with Crippen LogP contribution in [0.1, 0.15) is 5.56 Å². The van der Waals surface area contributed by atoms with Crippen molar-refractivity contribution in [3.8, 4) is 0 Å². The number of alkyl halides is 3. The second-order valence-electron chi connectivity index (χ2n) is 5.78. The monoisotopic (exact) mass is 423 g/mol. The Bertz CT molecular complexity index is 724. The van der Waals surface area contributed by atoms with Gasteiger partial charge >= 0.3 is 11.5 Å². The number of halogens is 3. The number of amides is 1. The van der Waals surface area contributed by atoms with Crippen LogP contribution in [0, 0.1) is 0 Å². The number of nitrogens with zero attached hydrogens (tertiary/aromatic N) is 2. The number of carbonyl (C=O) groups is 2. The van der Waals surface area contributed by atoms with Crippen molar-refractivity contribution in [3.63, 3.8) is 0 Å². The van der Waals surface area contributed by atoms with Crippen LogP contribution in [-0.4, -0.2) is 56.8 Å². The summed E-state index contributed by atoms with van der Waals surface area (Å²) in [6.45, 7) is -0.126. The number of methoxy groups -OCH3 is 1. The number of nitrogens with two attached hydrogens (primary N) is 1. The summed E-state index contributed by atoms with van der Waals surface area (Å²) in [5, 5.41) is -0.783. The van der Waals surface area contributed by atoms with Crippen LogP contribution >= 0.6 is 23.7 Å². The van der Waals surface area contributed by atoms with Gasteiger partial charge in [0.1, 0.15) is 12.0 Å². The van der Waals surface area contributed by atoms with Crippen molar-refractivity contribution in [1.29, 1.82) is 0 Å². The van der Waals surface area contributed by atoms with Crippen LogP contribution in [0.4, 0.5) is 13.2 Å². The summed E-state index contributed by atoms with van der Waals surface area (Å²) in [6, 6.07) is 8.67. The molecule has 27 heavy (non-hydrogen) atoms. The standard InChI is InChI=1S/C15H16F3N3O4S2/c1-24-14(19)12(23)21-10(11(22)25-7-9-5-3-2-4-6-9)20(8-26-13(14)21)27-15(16,17)18/h2-6,10,13H,7-8,19H2,1H3. The molecule has 0 aliphatic carbocycles. The maximum atomic E-state index is 12.9. The fourth-order valence-electron chi connectivity index (χ4n) is 2.78. The average molecular weight is 423 g/mol. The molecule has 0 aromatic heterocycles. The summed E-state index contributed by atoms with van der Waals surface area (Å²) in [5.74, 6) is -1.92. The molecule has 3 atom stereocenters. The lowest BCUT2D eigenvalue weighted by Gasteiger charge is -2.58. The number of hydrogen-bond acceptors (Lipinski definition) is 8. The molecule has 3 unspecified atom stereocenters. The minimum absolute atomic E-state index is 0.126. The number of fused-ring (bicyclic) bond motifs is 1. The molecule has 3 rings (SSSR count). The Kier molecular flexibility index (Phi) is 5.64. The highest BCUT2D eigenvalue weighted by Gasteiger charge is 2.66. The third-order valence-electron chi connectivity index (χ3n) is 4.08. The van der Waals surface area contributed by atoms with E-state index < -0.39 is 46.6 Å². The van der Waals surface area contributed by atoms with E-state index in [1.165, 1.54) is 7.11 Å². The van der Waals surface area contributed by atoms with Crippen LogP contribution in [-0.2, 0) is 25.7 Å². The number of β-lactam (4-membered cyclic amide) rings is 1. The van der Waals surface area contributed by atoms with E-state index in [1.54, 1.807) is 30.3 Å². The zero-order valence-electron chi connectivity index (χ0n) is 14.0. The first-order valence-corrected chi connectivity index (χ1v) is 9.51. The molecule has 0 radical (unpaired) electrons. The van der Waals surface area contributed by atoms with Crippen LogP contribution in [0.3, 0.4) is 0 Å². The predicted octanol–water partition coefficient (Wildman–Crippen LogP) is 1.70. The van der Waals surface area contributed by atoms with Crippen LogP contribution in [0.25, 0.3) is 0 Å². The maximum absolute atomic E-state index is 12.9. The van der Waals surface area contributed by atoms with E-state index in [2.05, 4.69) is 0 Å². The third kappa shape index (κ3) is 3.90. The molecule has 1 aromatic carbocycles. The minimum atomic E-state index is -4.62. The Balaban J connectivity index is 1.79. The van der Waals surface area contributed by atoms with Gasteiger partial charge in [0.15, 0.2) is 6.17 Å². The number of benzene rings is 1. The lowest BCUT2D eigenvalue weighted by atomic mass is 10.0. The summed E-state index contributed by atoms with van der Waals surface area (Å²) >= 11 is 0.506. The van der Waals surface area contributed by atoms with Gasteiger partial charge < -0.3 is 9.47 Å². The molecule has 148 valence electrons. The number of rotatable bonds is 5. The van der Waals surface area contributed by atoms with Crippen molar-refractivity contribution in [2.75, 3.05) is 13.0 Å². The molecule has 2 heterocycles. The van der Waals surface area contributed by atoms with Gasteiger partial charge in [-0.3, -0.25) is 15.4 Å². The molecule has 7 nitrogen and oxygen atoms in total. The minimum Gasteiger partial charge on any atom is -0.458 e. The fraction of sp³-hybridized carbons (Fsp3) is 0.467. The van der Waals surface area contributed by atoms with Gasteiger partial charge in [0.2, 0.25) is 5.72 Å². The van der Waals surface area contributed by atoms with Crippen LogP contribution < -0.4 is 5.73 Å². The lowest BCUT2D eigenvalue weighted by Crippen LogP contribution is -2.83. The molecule has 2 fully saturated rings. The van der Waals surface area contributed by atoms with Crippen molar-refractivity contribution in [2.24, 2.45) is 5.73 Å². The molecule has 1 aromatic rings. The van der Waals surface area contributed by atoms with E-state index in [0.29, 0.717) is 5.56 Å². The van der Waals surface area contributed by atoms with Gasteiger partial charge in [-0.15, -0.1) is 11.8 Å². The van der Waals surface area contributed by atoms with Gasteiger partial charge in [-0.1, -0.05) is 30.3 Å². The van der Waals surface area contributed by atoms with E-state index in [4.69, 9.17) is 15.2 Å². The van der Waals surface area contributed by atoms with Crippen LogP contribution in [0.2, 0.25) is 0 Å². The smallest absolute Gasteiger partial charge is 0.456 e. The van der Waals surface area contributed by atoms with Gasteiger partial charge in [0, 0.05) is 19.1 Å². The molecule has 2 aliphatic heterocycles. The second kappa shape index (κ2) is 7.51. The molecule has 0 spiro atoms. The van der Waals surface area contributed by atoms with Gasteiger partial charge in [-0.2, -0.15) is 13.2 Å². The Labute approximate surface area is 161 Å². The fourth-order valence-corrected chi connectivity index (χ4v) is 4.98. The van der Waals surface area contributed by atoms with Crippen LogP contribution in [0.5, 0.6) is 0 Å². The van der Waals surface area contributed by atoms with Gasteiger partial charge in [-0.25, -0.2) is 9.10 Å². The molecule has 12 heteroatoms. The highest BCUT2D eigenvalue weighted by Crippen LogP contribution is 2.48. The second-order valence-corrected chi connectivity index (χ2v) is 7.93. The zero-order valence-corrected chi connectivity index (χ0v) is 15.6. The largest absolute Gasteiger partial charge is 0.458 e. The van der Waals surface area contributed by atoms with Gasteiger partial charge in [0.05, 0.1) is 5.88 Å². The predicted molar refractivity (Wildman–Crippen MR) is 92.5 cm³/mol. The van der Waals surface area contributed by atoms with E-state index in [0.717, 1.165) is 21.0 Å². The Morgan fingerprint density at radius 3 is 2.67 bits per heavy atom. The average Bonchev–Trinajstić information content (AvgIpc) is 2.64. The quantitative estimate of drug-likeness (QED) is 0.332. The lowest BCUT2D eigenvalue weighted by molar-refractivity contribution is -0.203. The van der Waals surface area contributed by atoms with Crippen molar-refractivity contribution in [2.45, 2.75) is 29.4 Å². The summed E-state index contributed by atoms with van der Waals surface area (Å²) in [6.07, 6.45) is -1.55. The maximum Gasteiger partial charge on any atom is 0.456 e. The molecular formula is C15H16F3N3O4S2. The molecule has 0 saturated carbocycles. The number of carbonyl (C=O) groups excluding carboxylic acids is 2. The van der Waals surface area contributed by atoms with E-state index in [9.17, 15) is 22.8 Å². The number of thioether (sulfide) groups is 1. The van der Waals surface area contributed by atoms with Gasteiger partial charge in [-0.05, 0) is 5.56 Å². The van der Waals surface area contributed by atoms with Crippen molar-refractivity contribution in [3.05, 3.63) is 35.9 Å². The summed E-state index contributed by atoms with van der Waals surface area (Å²) in [5.41, 5.74) is 0.242. The van der Waals surface area contributed by atoms with E-state index in [-0.39, 0.29) is 12.5 Å². The topological polar surface area (TPSA) is 85.1 Å². The SMILES string of the molecule is COC1(N)C(=O)N2C(C(=O)OCc3ccccc3)N(SC(F)(F)F)CSC21. The number of ether oxygens (including phenoxy) is 2. The van der Waals surface area contributed by atoms with Crippen molar-refractivity contribution >= 4 is 35.6 Å². The summed E-state index contributed by atoms with van der Waals surface area (Å²) < 4.78 is 49.6. The Morgan fingerprint density at radius 1 is 1.41 bits per heavy atom. The number of hydrogen-bond donors (Lipinski definition) is 1. The highest BCUT2D eigenvalue weighted by atomic mass is 32.2. The first-order chi connectivity index (χ1) is 12.7. The normalized spacial score (nSPS) is 28.5. The van der Waals surface area contributed by atoms with E-state index >= 15 is 0 Å². The zero-order chi connectivity index (χ0) is 19.8. The number of esters is 1. The molecule has 1 amide bonds. The molecule has 2 saturated heterocycles. The van der Waals surface area contributed by atoms with Crippen molar-refractivity contribution in [1.82, 2.24) is 9.21 Å². The molecule has 2 N–H and O–H groups in total. The molecule has 0 bridgehead atoms.